The van der Waals surface area contributed by atoms with E-state index in [0.29, 0.717) is 11.0 Å². The third kappa shape index (κ3) is 1.72. The van der Waals surface area contributed by atoms with Crippen LogP contribution in [-0.4, -0.2) is 16.2 Å². The van der Waals surface area contributed by atoms with Gasteiger partial charge in [-0.05, 0) is 18.2 Å². The molecule has 0 saturated carbocycles. The average molecular weight is 274 g/mol. The zero-order valence-corrected chi connectivity index (χ0v) is 8.86. The minimum absolute atomic E-state index is 0.164. The van der Waals surface area contributed by atoms with E-state index >= 15 is 0 Å². The molecule has 4 nitrogen and oxygen atoms in total. The van der Waals surface area contributed by atoms with Crippen LogP contribution in [0.4, 0.5) is 4.39 Å². The van der Waals surface area contributed by atoms with Gasteiger partial charge in [-0.3, -0.25) is 4.79 Å². The quantitative estimate of drug-likeness (QED) is 0.854. The highest BCUT2D eigenvalue weighted by Crippen LogP contribution is 2.29. The van der Waals surface area contributed by atoms with Crippen LogP contribution in [0.15, 0.2) is 22.7 Å². The first-order valence-corrected chi connectivity index (χ1v) is 4.93. The molecule has 2 aromatic rings. The van der Waals surface area contributed by atoms with Crippen molar-refractivity contribution < 1.29 is 18.8 Å². The molecule has 1 aromatic heterocycles. The summed E-state index contributed by atoms with van der Waals surface area (Å²) in [6.07, 6.45) is 0. The summed E-state index contributed by atoms with van der Waals surface area (Å²) in [5.41, 5.74) is 0.522. The van der Waals surface area contributed by atoms with E-state index in [9.17, 15) is 9.18 Å². The Balaban J connectivity index is 2.61. The second-order valence-corrected chi connectivity index (χ2v) is 3.82. The number of carbonyl (C=O) groups is 1. The van der Waals surface area contributed by atoms with Crippen molar-refractivity contribution in [3.8, 4) is 0 Å². The topological polar surface area (TPSA) is 63.3 Å². The fourth-order valence-corrected chi connectivity index (χ4v) is 1.56. The number of carboxylic acid groups (broad SMARTS) is 1. The Hall–Kier alpha value is -1.43. The van der Waals surface area contributed by atoms with Crippen molar-refractivity contribution >= 4 is 32.9 Å². The van der Waals surface area contributed by atoms with E-state index in [1.807, 2.05) is 0 Å². The monoisotopic (exact) mass is 273 g/mol. The molecule has 0 aliphatic heterocycles. The molecule has 1 atom stereocenters. The van der Waals surface area contributed by atoms with Gasteiger partial charge in [0.1, 0.15) is 11.5 Å². The van der Waals surface area contributed by atoms with Crippen molar-refractivity contribution in [2.24, 2.45) is 0 Å². The first-order valence-electron chi connectivity index (χ1n) is 4.01. The molecule has 0 radical (unpaired) electrons. The van der Waals surface area contributed by atoms with E-state index in [1.165, 1.54) is 18.2 Å². The molecule has 0 fully saturated rings. The van der Waals surface area contributed by atoms with Gasteiger partial charge in [0.25, 0.3) is 0 Å². The summed E-state index contributed by atoms with van der Waals surface area (Å²) in [6, 6.07) is 3.82. The summed E-state index contributed by atoms with van der Waals surface area (Å²) >= 11 is 2.93. The Kier molecular flexibility index (Phi) is 2.44. The summed E-state index contributed by atoms with van der Waals surface area (Å²) in [5.74, 6) is -1.56. The summed E-state index contributed by atoms with van der Waals surface area (Å²) < 4.78 is 17.8. The number of benzene rings is 1. The lowest BCUT2D eigenvalue weighted by Gasteiger charge is -1.98. The summed E-state index contributed by atoms with van der Waals surface area (Å²) in [5, 5.41) is 12.7. The van der Waals surface area contributed by atoms with E-state index in [4.69, 9.17) is 9.63 Å². The second kappa shape index (κ2) is 3.62. The lowest BCUT2D eigenvalue weighted by Crippen LogP contribution is -2.04. The van der Waals surface area contributed by atoms with Crippen LogP contribution >= 0.6 is 15.9 Å². The Morgan fingerprint density at radius 1 is 1.60 bits per heavy atom. The molecule has 78 valence electrons. The van der Waals surface area contributed by atoms with E-state index in [2.05, 4.69) is 21.1 Å². The van der Waals surface area contributed by atoms with Crippen LogP contribution in [0.1, 0.15) is 10.5 Å². The lowest BCUT2D eigenvalue weighted by atomic mass is 10.2. The van der Waals surface area contributed by atoms with Gasteiger partial charge in [-0.1, -0.05) is 21.1 Å². The number of halogens is 2. The zero-order valence-electron chi connectivity index (χ0n) is 7.28. The number of rotatable bonds is 2. The molecule has 1 heterocycles. The van der Waals surface area contributed by atoms with Crippen LogP contribution in [0.2, 0.25) is 0 Å². The van der Waals surface area contributed by atoms with Crippen molar-refractivity contribution in [3.63, 3.8) is 0 Å². The smallest absolute Gasteiger partial charge is 0.323 e. The molecule has 0 aliphatic rings. The molecule has 15 heavy (non-hydrogen) atoms. The van der Waals surface area contributed by atoms with Gasteiger partial charge in [-0.25, -0.2) is 4.39 Å². The van der Waals surface area contributed by atoms with Crippen LogP contribution < -0.4 is 0 Å². The molecule has 0 amide bonds. The highest BCUT2D eigenvalue weighted by molar-refractivity contribution is 9.09. The summed E-state index contributed by atoms with van der Waals surface area (Å²) in [6.45, 7) is 0. The Morgan fingerprint density at radius 3 is 3.00 bits per heavy atom. The second-order valence-electron chi connectivity index (χ2n) is 2.91. The van der Waals surface area contributed by atoms with Gasteiger partial charge in [0.2, 0.25) is 0 Å². The van der Waals surface area contributed by atoms with Gasteiger partial charge in [0.05, 0.1) is 0 Å². The molecule has 0 spiro atoms. The number of hydrogen-bond acceptors (Lipinski definition) is 3. The predicted molar refractivity (Wildman–Crippen MR) is 53.3 cm³/mol. The van der Waals surface area contributed by atoms with Crippen molar-refractivity contribution in [1.82, 2.24) is 5.16 Å². The zero-order chi connectivity index (χ0) is 11.0. The highest BCUT2D eigenvalue weighted by Gasteiger charge is 2.23. The molecule has 1 unspecified atom stereocenters. The molecule has 0 saturated heterocycles. The van der Waals surface area contributed by atoms with Crippen molar-refractivity contribution in [3.05, 3.63) is 29.7 Å². The molecular weight excluding hydrogens is 269 g/mol. The van der Waals surface area contributed by atoms with Gasteiger partial charge in [0.15, 0.2) is 10.4 Å². The first kappa shape index (κ1) is 10.1. The maximum atomic E-state index is 12.9. The number of fused-ring (bicyclic) bond motifs is 1. The number of aromatic nitrogens is 1. The Bertz CT molecular complexity index is 525. The predicted octanol–water partition coefficient (Wildman–Crippen LogP) is 2.49. The van der Waals surface area contributed by atoms with Gasteiger partial charge in [0, 0.05) is 5.39 Å². The summed E-state index contributed by atoms with van der Waals surface area (Å²) in [4.78, 5) is 9.70. The molecule has 1 N–H and O–H groups in total. The van der Waals surface area contributed by atoms with Crippen LogP contribution in [0.5, 0.6) is 0 Å². The number of nitrogens with zero attached hydrogens (tertiary/aromatic N) is 1. The third-order valence-corrected chi connectivity index (χ3v) is 2.74. The number of aliphatic carboxylic acids is 1. The summed E-state index contributed by atoms with van der Waals surface area (Å²) in [7, 11) is 0. The van der Waals surface area contributed by atoms with Crippen LogP contribution in [0.25, 0.3) is 11.0 Å². The molecule has 0 bridgehead atoms. The fourth-order valence-electron chi connectivity index (χ4n) is 1.23. The fraction of sp³-hybridized carbons (Fsp3) is 0.111. The van der Waals surface area contributed by atoms with E-state index in [0.717, 1.165) is 0 Å². The minimum atomic E-state index is -1.10. The SMILES string of the molecule is O=C(O)C(Br)c1noc2ccc(F)cc12. The molecule has 2 rings (SSSR count). The lowest BCUT2D eigenvalue weighted by molar-refractivity contribution is -0.136. The van der Waals surface area contributed by atoms with Crippen molar-refractivity contribution in [2.45, 2.75) is 4.83 Å². The number of alkyl halides is 1. The number of hydrogen-bond donors (Lipinski definition) is 1. The van der Waals surface area contributed by atoms with Gasteiger partial charge < -0.3 is 9.63 Å². The maximum absolute atomic E-state index is 12.9. The molecular formula is C9H5BrFNO3. The van der Waals surface area contributed by atoms with Gasteiger partial charge >= 0.3 is 5.97 Å². The molecule has 6 heteroatoms. The largest absolute Gasteiger partial charge is 0.480 e. The molecule has 1 aromatic carbocycles. The Labute approximate surface area is 91.8 Å². The Morgan fingerprint density at radius 2 is 2.33 bits per heavy atom. The standard InChI is InChI=1S/C9H5BrFNO3/c10-7(9(13)14)8-5-3-4(11)1-2-6(5)15-12-8/h1-3,7H,(H,13,14). The average Bonchev–Trinajstić information content (AvgIpc) is 2.59. The van der Waals surface area contributed by atoms with E-state index in [1.54, 1.807) is 0 Å². The van der Waals surface area contributed by atoms with E-state index in [-0.39, 0.29) is 5.69 Å². The highest BCUT2D eigenvalue weighted by atomic mass is 79.9. The van der Waals surface area contributed by atoms with Crippen molar-refractivity contribution in [2.75, 3.05) is 0 Å². The number of carboxylic acids is 1. The normalized spacial score (nSPS) is 12.9. The van der Waals surface area contributed by atoms with Crippen LogP contribution in [0.3, 0.4) is 0 Å². The van der Waals surface area contributed by atoms with Gasteiger partial charge in [-0.2, -0.15) is 0 Å². The minimum Gasteiger partial charge on any atom is -0.480 e. The first-order chi connectivity index (χ1) is 7.09. The van der Waals surface area contributed by atoms with Crippen LogP contribution in [0, 0.1) is 5.82 Å². The third-order valence-electron chi connectivity index (χ3n) is 1.92. The molecule has 0 aliphatic carbocycles. The van der Waals surface area contributed by atoms with Crippen LogP contribution in [-0.2, 0) is 4.79 Å². The van der Waals surface area contributed by atoms with E-state index < -0.39 is 16.6 Å². The maximum Gasteiger partial charge on any atom is 0.323 e. The van der Waals surface area contributed by atoms with Crippen molar-refractivity contribution in [1.29, 1.82) is 0 Å². The van der Waals surface area contributed by atoms with Gasteiger partial charge in [-0.15, -0.1) is 0 Å².